The zero-order valence-electron chi connectivity index (χ0n) is 12.8. The molecule has 1 aromatic carbocycles. The van der Waals surface area contributed by atoms with E-state index in [4.69, 9.17) is 0 Å². The fourth-order valence-electron chi connectivity index (χ4n) is 2.35. The van der Waals surface area contributed by atoms with Gasteiger partial charge in [-0.1, -0.05) is 43.7 Å². The molecule has 0 aliphatic heterocycles. The van der Waals surface area contributed by atoms with Crippen molar-refractivity contribution in [1.82, 2.24) is 5.32 Å². The summed E-state index contributed by atoms with van der Waals surface area (Å²) in [6.07, 6.45) is 4.58. The fourth-order valence-corrected chi connectivity index (χ4v) is 3.32. The zero-order valence-corrected chi connectivity index (χ0v) is 13.6. The lowest BCUT2D eigenvalue weighted by Gasteiger charge is -2.06. The molecule has 0 aliphatic rings. The predicted octanol–water partition coefficient (Wildman–Crippen LogP) is 5.03. The first-order chi connectivity index (χ1) is 9.66. The van der Waals surface area contributed by atoms with Gasteiger partial charge in [0, 0.05) is 4.70 Å². The summed E-state index contributed by atoms with van der Waals surface area (Å²) in [4.78, 5) is 0. The van der Waals surface area contributed by atoms with Crippen LogP contribution in [0.25, 0.3) is 10.1 Å². The van der Waals surface area contributed by atoms with Crippen molar-refractivity contribution in [3.63, 3.8) is 0 Å². The lowest BCUT2D eigenvalue weighted by atomic mass is 10.0. The third kappa shape index (κ3) is 4.46. The average molecular weight is 287 g/mol. The molecule has 0 atom stereocenters. The molecule has 0 unspecified atom stereocenters. The van der Waals surface area contributed by atoms with Crippen LogP contribution >= 0.6 is 11.3 Å². The van der Waals surface area contributed by atoms with Crippen LogP contribution in [-0.4, -0.2) is 13.1 Å². The lowest BCUT2D eigenvalue weighted by Crippen LogP contribution is -2.20. The third-order valence-electron chi connectivity index (χ3n) is 3.40. The summed E-state index contributed by atoms with van der Waals surface area (Å²) >= 11 is 1.85. The van der Waals surface area contributed by atoms with Crippen molar-refractivity contribution in [2.24, 2.45) is 5.92 Å². The Balaban J connectivity index is 1.86. The Morgan fingerprint density at radius 2 is 2.10 bits per heavy atom. The van der Waals surface area contributed by atoms with Crippen molar-refractivity contribution < 1.29 is 0 Å². The maximum atomic E-state index is 3.49. The van der Waals surface area contributed by atoms with E-state index in [0.717, 1.165) is 31.8 Å². The van der Waals surface area contributed by atoms with E-state index in [1.54, 1.807) is 0 Å². The van der Waals surface area contributed by atoms with Gasteiger partial charge in [-0.25, -0.2) is 0 Å². The summed E-state index contributed by atoms with van der Waals surface area (Å²) in [7, 11) is 0. The molecule has 0 amide bonds. The zero-order chi connectivity index (χ0) is 14.4. The fraction of sp³-hybridized carbons (Fsp3) is 0.444. The second-order valence-corrected chi connectivity index (χ2v) is 6.78. The normalized spacial score (nSPS) is 12.5. The van der Waals surface area contributed by atoms with Gasteiger partial charge >= 0.3 is 0 Å². The highest BCUT2D eigenvalue weighted by molar-refractivity contribution is 7.17. The molecule has 1 aromatic heterocycles. The Kier molecular flexibility index (Phi) is 5.81. The van der Waals surface area contributed by atoms with E-state index in [1.165, 1.54) is 21.2 Å². The summed E-state index contributed by atoms with van der Waals surface area (Å²) in [5.74, 6) is 0.734. The van der Waals surface area contributed by atoms with Crippen LogP contribution in [0.3, 0.4) is 0 Å². The Hall–Kier alpha value is -1.12. The Morgan fingerprint density at radius 1 is 1.30 bits per heavy atom. The standard InChI is InChI=1S/C18H25NS/c1-14(2)12-19-10-6-7-15(3)11-16-13-20-18-9-5-4-8-17(16)18/h4-5,7-9,13-14,19H,6,10-12H2,1-3H3. The largest absolute Gasteiger partial charge is 0.316 e. The molecular formula is C18H25NS. The molecule has 0 aliphatic carbocycles. The van der Waals surface area contributed by atoms with Crippen molar-refractivity contribution in [3.8, 4) is 0 Å². The van der Waals surface area contributed by atoms with Crippen molar-refractivity contribution in [2.75, 3.05) is 13.1 Å². The van der Waals surface area contributed by atoms with Crippen LogP contribution in [0.1, 0.15) is 32.8 Å². The molecule has 0 spiro atoms. The van der Waals surface area contributed by atoms with Crippen LogP contribution in [0.5, 0.6) is 0 Å². The second-order valence-electron chi connectivity index (χ2n) is 5.87. The van der Waals surface area contributed by atoms with Gasteiger partial charge in [0.05, 0.1) is 0 Å². The molecule has 1 nitrogen and oxygen atoms in total. The SMILES string of the molecule is CC(=CCCNCC(C)C)Cc1csc2ccccc12. The summed E-state index contributed by atoms with van der Waals surface area (Å²) in [6.45, 7) is 8.93. The van der Waals surface area contributed by atoms with E-state index in [2.05, 4.69) is 61.8 Å². The second kappa shape index (κ2) is 7.61. The number of rotatable bonds is 7. The van der Waals surface area contributed by atoms with Gasteiger partial charge in [0.25, 0.3) is 0 Å². The van der Waals surface area contributed by atoms with Gasteiger partial charge in [-0.3, -0.25) is 0 Å². The minimum absolute atomic E-state index is 0.734. The van der Waals surface area contributed by atoms with E-state index < -0.39 is 0 Å². The summed E-state index contributed by atoms with van der Waals surface area (Å²) in [6, 6.07) is 8.69. The number of benzene rings is 1. The van der Waals surface area contributed by atoms with E-state index in [9.17, 15) is 0 Å². The predicted molar refractivity (Wildman–Crippen MR) is 91.6 cm³/mol. The van der Waals surface area contributed by atoms with Gasteiger partial charge in [-0.05, 0) is 61.2 Å². The summed E-state index contributed by atoms with van der Waals surface area (Å²) in [5.41, 5.74) is 2.94. The molecule has 2 heteroatoms. The van der Waals surface area contributed by atoms with Crippen molar-refractivity contribution in [3.05, 3.63) is 46.9 Å². The minimum Gasteiger partial charge on any atom is -0.316 e. The van der Waals surface area contributed by atoms with Crippen molar-refractivity contribution in [2.45, 2.75) is 33.6 Å². The van der Waals surface area contributed by atoms with Gasteiger partial charge in [0.1, 0.15) is 0 Å². The van der Waals surface area contributed by atoms with Gasteiger partial charge in [-0.15, -0.1) is 11.3 Å². The third-order valence-corrected chi connectivity index (χ3v) is 4.41. The maximum absolute atomic E-state index is 3.49. The van der Waals surface area contributed by atoms with Crippen molar-refractivity contribution >= 4 is 21.4 Å². The first kappa shape index (κ1) is 15.3. The number of thiophene rings is 1. The molecular weight excluding hydrogens is 262 g/mol. The molecule has 0 fully saturated rings. The highest BCUT2D eigenvalue weighted by Crippen LogP contribution is 2.27. The molecule has 2 rings (SSSR count). The molecule has 1 heterocycles. The van der Waals surface area contributed by atoms with Crippen molar-refractivity contribution in [1.29, 1.82) is 0 Å². The van der Waals surface area contributed by atoms with Crippen LogP contribution in [0.15, 0.2) is 41.3 Å². The van der Waals surface area contributed by atoms with Gasteiger partial charge < -0.3 is 5.32 Å². The van der Waals surface area contributed by atoms with Crippen LogP contribution in [-0.2, 0) is 6.42 Å². The summed E-state index contributed by atoms with van der Waals surface area (Å²) < 4.78 is 1.40. The number of allylic oxidation sites excluding steroid dienone is 1. The molecule has 1 N–H and O–H groups in total. The Morgan fingerprint density at radius 3 is 2.90 bits per heavy atom. The van der Waals surface area contributed by atoms with Crippen LogP contribution in [0.2, 0.25) is 0 Å². The number of hydrogen-bond acceptors (Lipinski definition) is 2. The molecule has 0 bridgehead atoms. The topological polar surface area (TPSA) is 12.0 Å². The molecule has 2 aromatic rings. The average Bonchev–Trinajstić information content (AvgIpc) is 2.81. The molecule has 0 radical (unpaired) electrons. The first-order valence-corrected chi connectivity index (χ1v) is 8.36. The van der Waals surface area contributed by atoms with Crippen LogP contribution in [0.4, 0.5) is 0 Å². The quantitative estimate of drug-likeness (QED) is 0.556. The molecule has 108 valence electrons. The van der Waals surface area contributed by atoms with E-state index >= 15 is 0 Å². The van der Waals surface area contributed by atoms with E-state index in [0.29, 0.717) is 0 Å². The van der Waals surface area contributed by atoms with Gasteiger partial charge in [-0.2, -0.15) is 0 Å². The number of fused-ring (bicyclic) bond motifs is 1. The van der Waals surface area contributed by atoms with Crippen LogP contribution < -0.4 is 5.32 Å². The van der Waals surface area contributed by atoms with Gasteiger partial charge in [0.2, 0.25) is 0 Å². The molecule has 20 heavy (non-hydrogen) atoms. The molecule has 0 saturated carbocycles. The minimum atomic E-state index is 0.734. The van der Waals surface area contributed by atoms with Crippen LogP contribution in [0, 0.1) is 5.92 Å². The number of nitrogens with one attached hydrogen (secondary N) is 1. The highest BCUT2D eigenvalue weighted by atomic mass is 32.1. The highest BCUT2D eigenvalue weighted by Gasteiger charge is 2.03. The molecule has 0 saturated heterocycles. The van der Waals surface area contributed by atoms with E-state index in [-0.39, 0.29) is 0 Å². The maximum Gasteiger partial charge on any atom is 0.0345 e. The summed E-state index contributed by atoms with van der Waals surface area (Å²) in [5, 5.41) is 7.21. The Labute approximate surface area is 126 Å². The monoisotopic (exact) mass is 287 g/mol. The lowest BCUT2D eigenvalue weighted by molar-refractivity contribution is 0.556. The first-order valence-electron chi connectivity index (χ1n) is 7.48. The van der Waals surface area contributed by atoms with E-state index in [1.807, 2.05) is 11.3 Å². The van der Waals surface area contributed by atoms with Gasteiger partial charge in [0.15, 0.2) is 0 Å². The Bertz CT molecular complexity index is 566. The smallest absolute Gasteiger partial charge is 0.0345 e. The number of hydrogen-bond donors (Lipinski definition) is 1.